The number of ether oxygens (including phenoxy) is 2. The Bertz CT molecular complexity index is 855. The van der Waals surface area contributed by atoms with Gasteiger partial charge >= 0.3 is 5.97 Å². The van der Waals surface area contributed by atoms with Gasteiger partial charge in [0.25, 0.3) is 11.6 Å². The molecule has 0 saturated carbocycles. The number of rotatable bonds is 8. The molecule has 142 valence electrons. The summed E-state index contributed by atoms with van der Waals surface area (Å²) in [6, 6.07) is 10.0. The van der Waals surface area contributed by atoms with E-state index in [1.807, 2.05) is 19.1 Å². The maximum Gasteiger partial charge on any atom is 0.309 e. The van der Waals surface area contributed by atoms with Crippen molar-refractivity contribution in [1.29, 1.82) is 0 Å². The molecule has 2 rings (SSSR count). The van der Waals surface area contributed by atoms with Gasteiger partial charge in [0.2, 0.25) is 0 Å². The van der Waals surface area contributed by atoms with E-state index in [1.165, 1.54) is 0 Å². The van der Waals surface area contributed by atoms with Crippen LogP contribution < -0.4 is 10.1 Å². The van der Waals surface area contributed by atoms with E-state index in [1.54, 1.807) is 12.1 Å². The number of hydrogen-bond acceptors (Lipinski definition) is 6. The molecule has 0 spiro atoms. The van der Waals surface area contributed by atoms with Crippen molar-refractivity contribution in [2.75, 3.05) is 18.5 Å². The number of anilines is 1. The number of nitrogens with zero attached hydrogens (tertiary/aromatic N) is 1. The molecule has 8 nitrogen and oxygen atoms in total. The Morgan fingerprint density at radius 1 is 1.22 bits per heavy atom. The standard InChI is InChI=1S/C18H17FN2O6/c1-12-4-2-3-5-16(12)26-9-8-18(23)27-11-17(22)20-15-10-13(21(24)25)6-7-14(15)19/h2-7,10H,8-9,11H2,1H3,(H,20,22). The van der Waals surface area contributed by atoms with Gasteiger partial charge in [-0.1, -0.05) is 18.2 Å². The molecule has 0 bridgehead atoms. The zero-order chi connectivity index (χ0) is 19.8. The third-order valence-electron chi connectivity index (χ3n) is 3.46. The molecule has 2 aromatic rings. The van der Waals surface area contributed by atoms with Crippen LogP contribution in [0.5, 0.6) is 5.75 Å². The van der Waals surface area contributed by atoms with Crippen molar-refractivity contribution >= 4 is 23.3 Å². The summed E-state index contributed by atoms with van der Waals surface area (Å²) >= 11 is 0. The van der Waals surface area contributed by atoms with Gasteiger partial charge in [-0.05, 0) is 24.6 Å². The zero-order valence-electron chi connectivity index (χ0n) is 14.4. The monoisotopic (exact) mass is 376 g/mol. The fraction of sp³-hybridized carbons (Fsp3) is 0.222. The van der Waals surface area contributed by atoms with E-state index >= 15 is 0 Å². The number of esters is 1. The van der Waals surface area contributed by atoms with Crippen LogP contribution in [0.2, 0.25) is 0 Å². The number of nitro groups is 1. The lowest BCUT2D eigenvalue weighted by Gasteiger charge is -2.09. The Balaban J connectivity index is 1.77. The summed E-state index contributed by atoms with van der Waals surface area (Å²) < 4.78 is 23.8. The summed E-state index contributed by atoms with van der Waals surface area (Å²) in [7, 11) is 0. The second kappa shape index (κ2) is 9.27. The van der Waals surface area contributed by atoms with Gasteiger partial charge in [0.05, 0.1) is 23.6 Å². The number of nitrogens with one attached hydrogen (secondary N) is 1. The predicted octanol–water partition coefficient (Wildman–Crippen LogP) is 2.99. The molecule has 1 N–H and O–H groups in total. The SMILES string of the molecule is Cc1ccccc1OCCC(=O)OCC(=O)Nc1cc([N+](=O)[O-])ccc1F. The van der Waals surface area contributed by atoms with Crippen molar-refractivity contribution in [3.8, 4) is 5.75 Å². The average molecular weight is 376 g/mol. The molecule has 9 heteroatoms. The van der Waals surface area contributed by atoms with Gasteiger partial charge in [-0.15, -0.1) is 0 Å². The summed E-state index contributed by atoms with van der Waals surface area (Å²) in [4.78, 5) is 33.3. The van der Waals surface area contributed by atoms with Crippen LogP contribution in [0.4, 0.5) is 15.8 Å². The highest BCUT2D eigenvalue weighted by Gasteiger charge is 2.14. The number of hydrogen-bond donors (Lipinski definition) is 1. The minimum absolute atomic E-state index is 0.0742. The van der Waals surface area contributed by atoms with Crippen LogP contribution in [0.1, 0.15) is 12.0 Å². The molecule has 0 aliphatic carbocycles. The van der Waals surface area contributed by atoms with Crippen LogP contribution in [0.25, 0.3) is 0 Å². The Kier molecular flexibility index (Phi) is 6.81. The summed E-state index contributed by atoms with van der Waals surface area (Å²) in [5.41, 5.74) is 0.175. The van der Waals surface area contributed by atoms with Gasteiger partial charge < -0.3 is 14.8 Å². The Labute approximate surface area is 154 Å². The van der Waals surface area contributed by atoms with E-state index in [4.69, 9.17) is 9.47 Å². The quantitative estimate of drug-likeness (QED) is 0.431. The molecule has 0 radical (unpaired) electrons. The molecule has 0 aliphatic heterocycles. The van der Waals surface area contributed by atoms with Gasteiger partial charge in [-0.3, -0.25) is 19.7 Å². The van der Waals surface area contributed by atoms with Crippen LogP contribution in [0.3, 0.4) is 0 Å². The Morgan fingerprint density at radius 2 is 1.96 bits per heavy atom. The number of amides is 1. The van der Waals surface area contributed by atoms with Crippen molar-refractivity contribution in [3.63, 3.8) is 0 Å². The highest BCUT2D eigenvalue weighted by atomic mass is 19.1. The third-order valence-corrected chi connectivity index (χ3v) is 3.46. The Morgan fingerprint density at radius 3 is 2.67 bits per heavy atom. The van der Waals surface area contributed by atoms with Crippen molar-refractivity contribution in [3.05, 3.63) is 64.0 Å². The van der Waals surface area contributed by atoms with Crippen LogP contribution in [0.15, 0.2) is 42.5 Å². The molecule has 2 aromatic carbocycles. The Hall–Kier alpha value is -3.49. The maximum absolute atomic E-state index is 13.6. The first-order valence-corrected chi connectivity index (χ1v) is 7.94. The molecule has 0 unspecified atom stereocenters. The second-order valence-electron chi connectivity index (χ2n) is 5.49. The highest BCUT2D eigenvalue weighted by molar-refractivity contribution is 5.93. The van der Waals surface area contributed by atoms with Crippen molar-refractivity contribution in [2.24, 2.45) is 0 Å². The predicted molar refractivity (Wildman–Crippen MR) is 93.9 cm³/mol. The number of carbonyl (C=O) groups is 2. The fourth-order valence-electron chi connectivity index (χ4n) is 2.09. The lowest BCUT2D eigenvalue weighted by Crippen LogP contribution is -2.22. The fourth-order valence-corrected chi connectivity index (χ4v) is 2.09. The first-order chi connectivity index (χ1) is 12.9. The highest BCUT2D eigenvalue weighted by Crippen LogP contribution is 2.21. The maximum atomic E-state index is 13.6. The number of benzene rings is 2. The number of para-hydroxylation sites is 1. The summed E-state index contributed by atoms with van der Waals surface area (Å²) in [5.74, 6) is -1.68. The number of carbonyl (C=O) groups excluding carboxylic acids is 2. The number of aryl methyl sites for hydroxylation is 1. The first-order valence-electron chi connectivity index (χ1n) is 7.94. The van der Waals surface area contributed by atoms with Crippen molar-refractivity contribution < 1.29 is 28.4 Å². The summed E-state index contributed by atoms with van der Waals surface area (Å²) in [5, 5.41) is 12.8. The van der Waals surface area contributed by atoms with E-state index in [0.29, 0.717) is 5.75 Å². The molecular formula is C18H17FN2O6. The zero-order valence-corrected chi connectivity index (χ0v) is 14.4. The van der Waals surface area contributed by atoms with E-state index < -0.39 is 29.2 Å². The van der Waals surface area contributed by atoms with Gasteiger partial charge in [-0.25, -0.2) is 4.39 Å². The van der Waals surface area contributed by atoms with E-state index in [-0.39, 0.29) is 24.4 Å². The lowest BCUT2D eigenvalue weighted by molar-refractivity contribution is -0.384. The average Bonchev–Trinajstić information content (AvgIpc) is 2.63. The molecule has 0 atom stereocenters. The first kappa shape index (κ1) is 19.8. The van der Waals surface area contributed by atoms with Gasteiger partial charge in [0, 0.05) is 12.1 Å². The van der Waals surface area contributed by atoms with Crippen LogP contribution in [-0.4, -0.2) is 30.0 Å². The smallest absolute Gasteiger partial charge is 0.309 e. The van der Waals surface area contributed by atoms with Gasteiger partial charge in [0.1, 0.15) is 11.6 Å². The molecule has 1 amide bonds. The normalized spacial score (nSPS) is 10.1. The summed E-state index contributed by atoms with van der Waals surface area (Å²) in [6.45, 7) is 1.29. The topological polar surface area (TPSA) is 108 Å². The summed E-state index contributed by atoms with van der Waals surface area (Å²) in [6.07, 6.45) is -0.0766. The molecule has 0 saturated heterocycles. The number of non-ortho nitro benzene ring substituents is 1. The third kappa shape index (κ3) is 6.07. The van der Waals surface area contributed by atoms with E-state index in [9.17, 15) is 24.1 Å². The number of halogens is 1. The van der Waals surface area contributed by atoms with Gasteiger partial charge in [-0.2, -0.15) is 0 Å². The molecule has 0 heterocycles. The molecule has 0 aromatic heterocycles. The van der Waals surface area contributed by atoms with Crippen molar-refractivity contribution in [1.82, 2.24) is 0 Å². The van der Waals surface area contributed by atoms with Crippen LogP contribution in [-0.2, 0) is 14.3 Å². The number of nitro benzene ring substituents is 1. The van der Waals surface area contributed by atoms with Gasteiger partial charge in [0.15, 0.2) is 6.61 Å². The van der Waals surface area contributed by atoms with Crippen LogP contribution in [0, 0.1) is 22.9 Å². The second-order valence-corrected chi connectivity index (χ2v) is 5.49. The molecular weight excluding hydrogens is 359 g/mol. The molecule has 27 heavy (non-hydrogen) atoms. The van der Waals surface area contributed by atoms with Crippen LogP contribution >= 0.6 is 0 Å². The minimum atomic E-state index is -0.841. The molecule has 0 fully saturated rings. The lowest BCUT2D eigenvalue weighted by atomic mass is 10.2. The van der Waals surface area contributed by atoms with Crippen molar-refractivity contribution in [2.45, 2.75) is 13.3 Å². The molecule has 0 aliphatic rings. The minimum Gasteiger partial charge on any atom is -0.493 e. The van der Waals surface area contributed by atoms with E-state index in [2.05, 4.69) is 5.32 Å². The van der Waals surface area contributed by atoms with E-state index in [0.717, 1.165) is 23.8 Å². The largest absolute Gasteiger partial charge is 0.493 e.